The van der Waals surface area contributed by atoms with Crippen molar-refractivity contribution in [2.45, 2.75) is 66.4 Å². The van der Waals surface area contributed by atoms with E-state index in [0.717, 1.165) is 31.4 Å². The first-order valence-electron chi connectivity index (χ1n) is 8.19. The van der Waals surface area contributed by atoms with E-state index < -0.39 is 0 Å². The second kappa shape index (κ2) is 12.0. The molecule has 0 saturated carbocycles. The lowest BCUT2D eigenvalue weighted by atomic mass is 10.1. The van der Waals surface area contributed by atoms with Gasteiger partial charge < -0.3 is 4.74 Å². The Bertz CT molecular complexity index is 427. The number of ketones is 1. The van der Waals surface area contributed by atoms with Crippen LogP contribution in [0.15, 0.2) is 41.3 Å². The highest BCUT2D eigenvalue weighted by molar-refractivity contribution is 5.93. The van der Waals surface area contributed by atoms with Gasteiger partial charge in [-0.2, -0.15) is 0 Å². The van der Waals surface area contributed by atoms with Crippen LogP contribution in [-0.4, -0.2) is 18.1 Å². The van der Waals surface area contributed by atoms with E-state index in [4.69, 9.17) is 4.74 Å². The molecule has 0 saturated heterocycles. The number of carbonyl (C=O) groups excluding carboxylic acids is 1. The molecule has 0 fully saturated rings. The summed E-state index contributed by atoms with van der Waals surface area (Å²) in [6, 6.07) is 0. The van der Waals surface area contributed by atoms with E-state index in [-0.39, 0.29) is 17.8 Å². The minimum Gasteiger partial charge on any atom is -0.490 e. The molecule has 3 nitrogen and oxygen atoms in total. The lowest BCUT2D eigenvalue weighted by Gasteiger charge is -2.18. The standard InChI is InChI=1S/C19H31NO2/c1-7-10-18(11-8-2)22-19(12-9-3)13-16(5)20-14-15(4)17(6)21/h9,12-15,18H,5,7-8,10-11H2,1-4,6H3/b12-9?,19-13+,20-14?. The van der Waals surface area contributed by atoms with Gasteiger partial charge in [0.2, 0.25) is 0 Å². The maximum absolute atomic E-state index is 11.2. The molecule has 0 aliphatic carbocycles. The molecular weight excluding hydrogens is 274 g/mol. The van der Waals surface area contributed by atoms with Crippen LogP contribution in [0.4, 0.5) is 0 Å². The molecule has 0 heterocycles. The molecule has 0 aliphatic rings. The Morgan fingerprint density at radius 2 is 1.86 bits per heavy atom. The molecule has 0 aromatic heterocycles. The predicted octanol–water partition coefficient (Wildman–Crippen LogP) is 5.24. The van der Waals surface area contributed by atoms with Crippen LogP contribution in [-0.2, 0) is 9.53 Å². The average molecular weight is 305 g/mol. The van der Waals surface area contributed by atoms with Crippen molar-refractivity contribution in [3.8, 4) is 0 Å². The van der Waals surface area contributed by atoms with Gasteiger partial charge in [0, 0.05) is 18.2 Å². The largest absolute Gasteiger partial charge is 0.490 e. The summed E-state index contributed by atoms with van der Waals surface area (Å²) in [4.78, 5) is 15.4. The van der Waals surface area contributed by atoms with Crippen LogP contribution in [0, 0.1) is 5.92 Å². The average Bonchev–Trinajstić information content (AvgIpc) is 2.45. The van der Waals surface area contributed by atoms with Gasteiger partial charge in [0.15, 0.2) is 0 Å². The van der Waals surface area contributed by atoms with E-state index >= 15 is 0 Å². The lowest BCUT2D eigenvalue weighted by molar-refractivity contribution is -0.118. The highest BCUT2D eigenvalue weighted by Crippen LogP contribution is 2.16. The van der Waals surface area contributed by atoms with Crippen molar-refractivity contribution < 1.29 is 9.53 Å². The third kappa shape index (κ3) is 9.32. The van der Waals surface area contributed by atoms with Crippen LogP contribution in [0.5, 0.6) is 0 Å². The van der Waals surface area contributed by atoms with Gasteiger partial charge in [-0.1, -0.05) is 46.3 Å². The van der Waals surface area contributed by atoms with Crippen molar-refractivity contribution >= 4 is 12.0 Å². The number of nitrogens with zero attached hydrogens (tertiary/aromatic N) is 1. The summed E-state index contributed by atoms with van der Waals surface area (Å²) in [7, 11) is 0. The third-order valence-corrected chi connectivity index (χ3v) is 3.27. The Balaban J connectivity index is 4.91. The van der Waals surface area contributed by atoms with Gasteiger partial charge >= 0.3 is 0 Å². The highest BCUT2D eigenvalue weighted by atomic mass is 16.5. The van der Waals surface area contributed by atoms with Crippen LogP contribution in [0.25, 0.3) is 0 Å². The summed E-state index contributed by atoms with van der Waals surface area (Å²) in [5, 5.41) is 0. The van der Waals surface area contributed by atoms with Crippen LogP contribution in [0.3, 0.4) is 0 Å². The number of allylic oxidation sites excluding steroid dienone is 3. The summed E-state index contributed by atoms with van der Waals surface area (Å²) >= 11 is 0. The zero-order chi connectivity index (χ0) is 17.0. The Morgan fingerprint density at radius 1 is 1.27 bits per heavy atom. The van der Waals surface area contributed by atoms with E-state index in [0.29, 0.717) is 5.70 Å². The highest BCUT2D eigenvalue weighted by Gasteiger charge is 2.09. The van der Waals surface area contributed by atoms with Gasteiger partial charge in [0.05, 0.1) is 11.8 Å². The zero-order valence-corrected chi connectivity index (χ0v) is 14.8. The quantitative estimate of drug-likeness (QED) is 0.297. The minimum atomic E-state index is -0.191. The molecule has 0 rings (SSSR count). The van der Waals surface area contributed by atoms with Crippen molar-refractivity contribution in [3.63, 3.8) is 0 Å². The number of Topliss-reactive ketones (excluding diaryl/α,β-unsaturated/α-hetero) is 1. The molecule has 3 heteroatoms. The van der Waals surface area contributed by atoms with Gasteiger partial charge in [-0.05, 0) is 32.8 Å². The van der Waals surface area contributed by atoms with E-state index in [1.807, 2.05) is 32.1 Å². The summed E-state index contributed by atoms with van der Waals surface area (Å²) < 4.78 is 6.07. The molecule has 0 radical (unpaired) electrons. The first-order chi connectivity index (χ1) is 10.4. The number of hydrogen-bond acceptors (Lipinski definition) is 3. The van der Waals surface area contributed by atoms with Crippen LogP contribution < -0.4 is 0 Å². The van der Waals surface area contributed by atoms with Crippen molar-refractivity contribution in [2.75, 3.05) is 0 Å². The number of aliphatic imine (C=N–C) groups is 1. The molecule has 0 aromatic carbocycles. The van der Waals surface area contributed by atoms with Gasteiger partial charge in [-0.15, -0.1) is 0 Å². The number of ether oxygens (including phenoxy) is 1. The smallest absolute Gasteiger partial charge is 0.137 e. The van der Waals surface area contributed by atoms with E-state index in [1.54, 1.807) is 13.1 Å². The Kier molecular flexibility index (Phi) is 11.1. The summed E-state index contributed by atoms with van der Waals surface area (Å²) in [6.45, 7) is 13.6. The monoisotopic (exact) mass is 305 g/mol. The molecule has 0 amide bonds. The molecule has 1 atom stereocenters. The number of carbonyl (C=O) groups is 1. The fourth-order valence-electron chi connectivity index (χ4n) is 1.90. The molecule has 0 spiro atoms. The zero-order valence-electron chi connectivity index (χ0n) is 14.8. The molecule has 0 N–H and O–H groups in total. The Hall–Kier alpha value is -1.64. The summed E-state index contributed by atoms with van der Waals surface area (Å²) in [6.07, 6.45) is 11.8. The van der Waals surface area contributed by atoms with Crippen molar-refractivity contribution in [3.05, 3.63) is 36.3 Å². The first-order valence-corrected chi connectivity index (χ1v) is 8.19. The van der Waals surface area contributed by atoms with E-state index in [1.165, 1.54) is 0 Å². The maximum atomic E-state index is 11.2. The fraction of sp³-hybridized carbons (Fsp3) is 0.579. The van der Waals surface area contributed by atoms with Crippen LogP contribution in [0.2, 0.25) is 0 Å². The topological polar surface area (TPSA) is 38.7 Å². The maximum Gasteiger partial charge on any atom is 0.137 e. The summed E-state index contributed by atoms with van der Waals surface area (Å²) in [5.74, 6) is 0.674. The first kappa shape index (κ1) is 20.4. The van der Waals surface area contributed by atoms with Crippen molar-refractivity contribution in [1.82, 2.24) is 0 Å². The van der Waals surface area contributed by atoms with E-state index in [9.17, 15) is 4.79 Å². The Morgan fingerprint density at radius 3 is 2.32 bits per heavy atom. The molecule has 0 aliphatic heterocycles. The van der Waals surface area contributed by atoms with Crippen molar-refractivity contribution in [2.24, 2.45) is 10.9 Å². The molecule has 0 aromatic rings. The third-order valence-electron chi connectivity index (χ3n) is 3.27. The Labute approximate surface area is 135 Å². The molecule has 124 valence electrons. The summed E-state index contributed by atoms with van der Waals surface area (Å²) in [5.41, 5.74) is 0.591. The second-order valence-electron chi connectivity index (χ2n) is 5.53. The minimum absolute atomic E-state index is 0.0939. The van der Waals surface area contributed by atoms with Gasteiger partial charge in [0.25, 0.3) is 0 Å². The predicted molar refractivity (Wildman–Crippen MR) is 95.1 cm³/mol. The van der Waals surface area contributed by atoms with Gasteiger partial charge in [-0.3, -0.25) is 9.79 Å². The van der Waals surface area contributed by atoms with Gasteiger partial charge in [0.1, 0.15) is 11.5 Å². The van der Waals surface area contributed by atoms with Crippen LogP contribution in [0.1, 0.15) is 60.3 Å². The second-order valence-corrected chi connectivity index (χ2v) is 5.53. The van der Waals surface area contributed by atoms with Crippen molar-refractivity contribution in [1.29, 1.82) is 0 Å². The van der Waals surface area contributed by atoms with Crippen LogP contribution >= 0.6 is 0 Å². The molecule has 1 unspecified atom stereocenters. The molecule has 22 heavy (non-hydrogen) atoms. The normalized spacial score (nSPS) is 14.0. The number of hydrogen-bond donors (Lipinski definition) is 0. The SMILES string of the molecule is C=C(/C=C(\C=CC)OC(CCC)CCC)N=CC(C)C(C)=O. The van der Waals surface area contributed by atoms with Gasteiger partial charge in [-0.25, -0.2) is 0 Å². The number of rotatable bonds is 11. The van der Waals surface area contributed by atoms with E-state index in [2.05, 4.69) is 25.4 Å². The molecule has 0 bridgehead atoms. The molecular formula is C19H31NO2. The fourth-order valence-corrected chi connectivity index (χ4v) is 1.90. The lowest BCUT2D eigenvalue weighted by Crippen LogP contribution is -2.11.